The van der Waals surface area contributed by atoms with E-state index < -0.39 is 0 Å². The molecular weight excluding hydrogens is 234 g/mol. The molecule has 0 aromatic rings. The van der Waals surface area contributed by atoms with Crippen LogP contribution in [0.1, 0.15) is 53.9 Å². The molecule has 19 heavy (non-hydrogen) atoms. The second-order valence-corrected chi connectivity index (χ2v) is 4.42. The summed E-state index contributed by atoms with van der Waals surface area (Å²) in [6.45, 7) is 12.6. The molecule has 1 N–H and O–H groups in total. The average molecular weight is 267 g/mol. The van der Waals surface area contributed by atoms with Crippen molar-refractivity contribution in [1.29, 1.82) is 0 Å². The van der Waals surface area contributed by atoms with Gasteiger partial charge < -0.3 is 10.1 Å². The lowest BCUT2D eigenvalue weighted by Gasteiger charge is -2.08. The second kappa shape index (κ2) is 17.0. The standard InChI is InChI=1S/C10H16O.C5H11N.C2H6/c1-9(2)7-5-6-8-10(3)11-4;1-2-4-6-5-3-1;1-2/h5-8H,1-4H3;6H,1-5H2;1-2H3/b6-5-,10-8+;;. The summed E-state index contributed by atoms with van der Waals surface area (Å²) >= 11 is 0. The Morgan fingerprint density at radius 1 is 0.895 bits per heavy atom. The van der Waals surface area contributed by atoms with Crippen LogP contribution in [0.3, 0.4) is 0 Å². The zero-order chi connectivity index (χ0) is 14.9. The van der Waals surface area contributed by atoms with E-state index in [1.807, 2.05) is 39.0 Å². The van der Waals surface area contributed by atoms with E-state index in [4.69, 9.17) is 4.74 Å². The van der Waals surface area contributed by atoms with Crippen LogP contribution in [0.25, 0.3) is 0 Å². The van der Waals surface area contributed by atoms with Crippen molar-refractivity contribution in [1.82, 2.24) is 5.32 Å². The Bertz CT molecular complexity index is 245. The summed E-state index contributed by atoms with van der Waals surface area (Å²) in [6.07, 6.45) is 12.2. The molecule has 0 radical (unpaired) electrons. The number of nitrogens with one attached hydrogen (secondary N) is 1. The Hall–Kier alpha value is -1.02. The van der Waals surface area contributed by atoms with E-state index in [0.29, 0.717) is 0 Å². The molecule has 0 aromatic carbocycles. The molecule has 0 amide bonds. The van der Waals surface area contributed by atoms with Gasteiger partial charge in [0, 0.05) is 0 Å². The summed E-state index contributed by atoms with van der Waals surface area (Å²) in [5, 5.41) is 3.28. The Balaban J connectivity index is 0. The van der Waals surface area contributed by atoms with Crippen molar-refractivity contribution in [3.63, 3.8) is 0 Å². The first-order chi connectivity index (χ1) is 9.16. The zero-order valence-electron chi connectivity index (χ0n) is 13.8. The smallest absolute Gasteiger partial charge is 0.0924 e. The molecule has 1 aliphatic rings. The molecule has 1 rings (SSSR count). The summed E-state index contributed by atoms with van der Waals surface area (Å²) in [5.41, 5.74) is 1.30. The van der Waals surface area contributed by atoms with Crippen molar-refractivity contribution in [2.75, 3.05) is 20.2 Å². The molecule has 1 heterocycles. The summed E-state index contributed by atoms with van der Waals surface area (Å²) < 4.78 is 4.95. The van der Waals surface area contributed by atoms with Gasteiger partial charge in [0.15, 0.2) is 0 Å². The Labute approximate surface area is 120 Å². The highest BCUT2D eigenvalue weighted by Crippen LogP contribution is 1.96. The zero-order valence-corrected chi connectivity index (χ0v) is 13.8. The minimum atomic E-state index is 0.920. The molecule has 0 bridgehead atoms. The third-order valence-electron chi connectivity index (χ3n) is 2.40. The first-order valence-electron chi connectivity index (χ1n) is 7.40. The Morgan fingerprint density at radius 2 is 1.42 bits per heavy atom. The molecule has 1 fully saturated rings. The van der Waals surface area contributed by atoms with Gasteiger partial charge in [0.05, 0.1) is 12.9 Å². The van der Waals surface area contributed by atoms with E-state index in [1.165, 1.54) is 37.9 Å². The van der Waals surface area contributed by atoms with Crippen LogP contribution in [-0.2, 0) is 4.74 Å². The van der Waals surface area contributed by atoms with Crippen molar-refractivity contribution in [2.24, 2.45) is 0 Å². The van der Waals surface area contributed by atoms with E-state index in [1.54, 1.807) is 7.11 Å². The predicted octanol–water partition coefficient (Wildman–Crippen LogP) is 4.85. The molecule has 1 saturated heterocycles. The summed E-state index contributed by atoms with van der Waals surface area (Å²) in [5.74, 6) is 0.920. The van der Waals surface area contributed by atoms with Gasteiger partial charge in [-0.15, -0.1) is 0 Å². The third kappa shape index (κ3) is 19.5. The van der Waals surface area contributed by atoms with E-state index in [0.717, 1.165) is 5.76 Å². The number of methoxy groups -OCH3 is 1. The molecule has 112 valence electrons. The molecule has 2 nitrogen and oxygen atoms in total. The maximum Gasteiger partial charge on any atom is 0.0924 e. The SMILES string of the molecule is C1CCNCC1.CC.CO/C(C)=C/C=C\C=C(C)C. The molecule has 0 aliphatic carbocycles. The number of hydrogen-bond donors (Lipinski definition) is 1. The van der Waals surface area contributed by atoms with Crippen LogP contribution in [-0.4, -0.2) is 20.2 Å². The van der Waals surface area contributed by atoms with Gasteiger partial charge in [0.2, 0.25) is 0 Å². The second-order valence-electron chi connectivity index (χ2n) is 4.42. The fourth-order valence-corrected chi connectivity index (χ4v) is 1.31. The highest BCUT2D eigenvalue weighted by Gasteiger charge is 1.93. The van der Waals surface area contributed by atoms with Crippen LogP contribution in [0.15, 0.2) is 35.6 Å². The van der Waals surface area contributed by atoms with Crippen molar-refractivity contribution >= 4 is 0 Å². The lowest BCUT2D eigenvalue weighted by atomic mass is 10.2. The molecule has 0 aromatic heterocycles. The number of ether oxygens (including phenoxy) is 1. The quantitative estimate of drug-likeness (QED) is 0.583. The number of hydrogen-bond acceptors (Lipinski definition) is 2. The summed E-state index contributed by atoms with van der Waals surface area (Å²) in [6, 6.07) is 0. The highest BCUT2D eigenvalue weighted by atomic mass is 16.5. The fraction of sp³-hybridized carbons (Fsp3) is 0.647. The minimum Gasteiger partial charge on any atom is -0.501 e. The van der Waals surface area contributed by atoms with Gasteiger partial charge in [-0.1, -0.05) is 44.1 Å². The van der Waals surface area contributed by atoms with Crippen molar-refractivity contribution in [2.45, 2.75) is 53.9 Å². The first kappa shape index (κ1) is 20.3. The van der Waals surface area contributed by atoms with Crippen LogP contribution in [0.5, 0.6) is 0 Å². The molecule has 0 saturated carbocycles. The van der Waals surface area contributed by atoms with Gasteiger partial charge >= 0.3 is 0 Å². The predicted molar refractivity (Wildman–Crippen MR) is 87.4 cm³/mol. The lowest BCUT2D eigenvalue weighted by molar-refractivity contribution is 0.294. The molecule has 0 unspecified atom stereocenters. The largest absolute Gasteiger partial charge is 0.501 e. The third-order valence-corrected chi connectivity index (χ3v) is 2.40. The monoisotopic (exact) mass is 267 g/mol. The van der Waals surface area contributed by atoms with Crippen molar-refractivity contribution in [3.8, 4) is 0 Å². The molecule has 1 aliphatic heterocycles. The van der Waals surface area contributed by atoms with Gasteiger partial charge in [-0.25, -0.2) is 0 Å². The average Bonchev–Trinajstić information content (AvgIpc) is 2.47. The van der Waals surface area contributed by atoms with Crippen molar-refractivity contribution < 1.29 is 4.74 Å². The molecule has 0 atom stereocenters. The minimum absolute atomic E-state index is 0.920. The maximum absolute atomic E-state index is 4.95. The lowest BCUT2D eigenvalue weighted by Crippen LogP contribution is -2.21. The van der Waals surface area contributed by atoms with E-state index in [-0.39, 0.29) is 0 Å². The number of rotatable bonds is 3. The van der Waals surface area contributed by atoms with E-state index in [2.05, 4.69) is 25.2 Å². The van der Waals surface area contributed by atoms with Crippen LogP contribution in [0.2, 0.25) is 0 Å². The first-order valence-corrected chi connectivity index (χ1v) is 7.40. The highest BCUT2D eigenvalue weighted by molar-refractivity contribution is 5.15. The Kier molecular flexibility index (Phi) is 18.1. The topological polar surface area (TPSA) is 21.3 Å². The van der Waals surface area contributed by atoms with Gasteiger partial charge in [0.25, 0.3) is 0 Å². The van der Waals surface area contributed by atoms with Crippen molar-refractivity contribution in [3.05, 3.63) is 35.6 Å². The van der Waals surface area contributed by atoms with Gasteiger partial charge in [-0.05, 0) is 52.8 Å². The molecular formula is C17H33NO. The molecule has 2 heteroatoms. The number of piperidine rings is 1. The summed E-state index contributed by atoms with van der Waals surface area (Å²) in [7, 11) is 1.67. The van der Waals surface area contributed by atoms with Crippen LogP contribution < -0.4 is 5.32 Å². The summed E-state index contributed by atoms with van der Waals surface area (Å²) in [4.78, 5) is 0. The van der Waals surface area contributed by atoms with Crippen LogP contribution >= 0.6 is 0 Å². The van der Waals surface area contributed by atoms with Gasteiger partial charge in [-0.2, -0.15) is 0 Å². The fourth-order valence-electron chi connectivity index (χ4n) is 1.31. The van der Waals surface area contributed by atoms with Gasteiger partial charge in [-0.3, -0.25) is 0 Å². The normalized spacial score (nSPS) is 14.7. The molecule has 0 spiro atoms. The number of allylic oxidation sites excluding steroid dienone is 6. The van der Waals surface area contributed by atoms with Gasteiger partial charge in [0.1, 0.15) is 0 Å². The van der Waals surface area contributed by atoms with Crippen LogP contribution in [0, 0.1) is 0 Å². The van der Waals surface area contributed by atoms with E-state index >= 15 is 0 Å². The van der Waals surface area contributed by atoms with Crippen LogP contribution in [0.4, 0.5) is 0 Å². The van der Waals surface area contributed by atoms with E-state index in [9.17, 15) is 0 Å². The Morgan fingerprint density at radius 3 is 1.74 bits per heavy atom. The maximum atomic E-state index is 4.95.